The smallest absolute Gasteiger partial charge is 0.220 e. The summed E-state index contributed by atoms with van der Waals surface area (Å²) in [6.45, 7) is 12.9. The fourth-order valence-electron chi connectivity index (χ4n) is 4.03. The Labute approximate surface area is 199 Å². The van der Waals surface area contributed by atoms with Crippen LogP contribution in [0.25, 0.3) is 0 Å². The molecule has 3 unspecified atom stereocenters. The van der Waals surface area contributed by atoms with Crippen LogP contribution in [0.4, 0.5) is 0 Å². The van der Waals surface area contributed by atoms with Gasteiger partial charge in [0, 0.05) is 23.9 Å². The van der Waals surface area contributed by atoms with Crippen molar-refractivity contribution in [2.45, 2.75) is 78.1 Å². The molecule has 1 fully saturated rings. The summed E-state index contributed by atoms with van der Waals surface area (Å²) < 4.78 is 25.5. The van der Waals surface area contributed by atoms with Gasteiger partial charge in [-0.05, 0) is 71.1 Å². The van der Waals surface area contributed by atoms with Crippen LogP contribution in [0.5, 0.6) is 0 Å². The molecule has 1 amide bonds. The first-order valence-corrected chi connectivity index (χ1v) is 13.4. The Bertz CT molecular complexity index is 954. The molecule has 0 bridgehead atoms. The monoisotopic (exact) mass is 479 g/mol. The van der Waals surface area contributed by atoms with Gasteiger partial charge in [-0.2, -0.15) is 0 Å². The minimum Gasteiger partial charge on any atom is -0.331 e. The molecule has 0 aliphatic heterocycles. The predicted octanol–water partition coefficient (Wildman–Crippen LogP) is 6.38. The summed E-state index contributed by atoms with van der Waals surface area (Å²) in [4.78, 5) is 15.0. The number of carbonyl (C=O) groups excluding carboxylic acids is 1. The van der Waals surface area contributed by atoms with Gasteiger partial charge in [0.1, 0.15) is 0 Å². The second kappa shape index (κ2) is 10.6. The fourth-order valence-corrected chi connectivity index (χ4v) is 5.54. The summed E-state index contributed by atoms with van der Waals surface area (Å²) >= 11 is 6.15. The van der Waals surface area contributed by atoms with Crippen molar-refractivity contribution in [1.29, 1.82) is 0 Å². The van der Waals surface area contributed by atoms with Gasteiger partial charge < -0.3 is 4.90 Å². The first kappa shape index (κ1) is 26.7. The highest BCUT2D eigenvalue weighted by Crippen LogP contribution is 2.43. The molecule has 2 rings (SSSR count). The molecule has 1 aromatic carbocycles. The quantitative estimate of drug-likeness (QED) is 0.386. The largest absolute Gasteiger partial charge is 0.331 e. The van der Waals surface area contributed by atoms with E-state index in [1.165, 1.54) is 0 Å². The standard InChI is InChI=1S/C26H38ClNO3S/c1-8-9-10-18(2)19(3)25(22-13-15-23(27)16-14-22)28(20(4)29)24(21-11-12-21)17-32(30,31)26(5,6)7/h8-10,13-16,19,21,24-25H,11-12,17H2,1-7H3. The number of hydrogen-bond acceptors (Lipinski definition) is 3. The van der Waals surface area contributed by atoms with Crippen molar-refractivity contribution in [3.05, 3.63) is 58.7 Å². The fraction of sp³-hybridized carbons (Fsp3) is 0.577. The van der Waals surface area contributed by atoms with Gasteiger partial charge in [0.25, 0.3) is 0 Å². The third kappa shape index (κ3) is 6.48. The first-order chi connectivity index (χ1) is 14.8. The Morgan fingerprint density at radius 3 is 2.19 bits per heavy atom. The second-order valence-electron chi connectivity index (χ2n) is 9.95. The van der Waals surface area contributed by atoms with Crippen LogP contribution < -0.4 is 0 Å². The first-order valence-electron chi connectivity index (χ1n) is 11.4. The van der Waals surface area contributed by atoms with Crippen LogP contribution in [0, 0.1) is 11.8 Å². The molecule has 32 heavy (non-hydrogen) atoms. The molecule has 1 aliphatic rings. The van der Waals surface area contributed by atoms with Gasteiger partial charge in [0.15, 0.2) is 9.84 Å². The molecule has 178 valence electrons. The lowest BCUT2D eigenvalue weighted by atomic mass is 9.86. The zero-order valence-electron chi connectivity index (χ0n) is 20.4. The Morgan fingerprint density at radius 1 is 1.19 bits per heavy atom. The molecular weight excluding hydrogens is 442 g/mol. The SMILES string of the molecule is CC=CC=C(C)C(C)C(c1ccc(Cl)cc1)N(C(C)=O)C(CS(=O)(=O)C(C)(C)C)C1CC1. The molecular formula is C26H38ClNO3S. The molecule has 6 heteroatoms. The van der Waals surface area contributed by atoms with Crippen molar-refractivity contribution in [3.63, 3.8) is 0 Å². The second-order valence-corrected chi connectivity index (χ2v) is 13.2. The Hall–Kier alpha value is -1.59. The number of halogens is 1. The van der Waals surface area contributed by atoms with Crippen molar-refractivity contribution >= 4 is 27.3 Å². The van der Waals surface area contributed by atoms with E-state index in [1.54, 1.807) is 27.7 Å². The number of allylic oxidation sites excluding steroid dienone is 3. The summed E-state index contributed by atoms with van der Waals surface area (Å²) in [6.07, 6.45) is 7.92. The Morgan fingerprint density at radius 2 is 1.75 bits per heavy atom. The molecule has 0 heterocycles. The maximum atomic E-state index is 13.2. The lowest BCUT2D eigenvalue weighted by Crippen LogP contribution is -2.50. The van der Waals surface area contributed by atoms with Crippen LogP contribution in [0.3, 0.4) is 0 Å². The van der Waals surface area contributed by atoms with E-state index in [4.69, 9.17) is 11.6 Å². The molecule has 1 aliphatic carbocycles. The third-order valence-electron chi connectivity index (χ3n) is 6.46. The van der Waals surface area contributed by atoms with Crippen molar-refractivity contribution in [1.82, 2.24) is 4.90 Å². The Balaban J connectivity index is 2.61. The van der Waals surface area contributed by atoms with E-state index < -0.39 is 14.6 Å². The number of nitrogens with zero attached hydrogens (tertiary/aromatic N) is 1. The number of hydrogen-bond donors (Lipinski definition) is 0. The number of rotatable bonds is 9. The number of benzene rings is 1. The number of sulfone groups is 1. The van der Waals surface area contributed by atoms with Crippen LogP contribution in [0.15, 0.2) is 48.1 Å². The van der Waals surface area contributed by atoms with Gasteiger partial charge in [-0.15, -0.1) is 0 Å². The maximum Gasteiger partial charge on any atom is 0.220 e. The third-order valence-corrected chi connectivity index (χ3v) is 9.36. The van der Waals surface area contributed by atoms with Crippen molar-refractivity contribution in [3.8, 4) is 0 Å². The van der Waals surface area contributed by atoms with E-state index in [0.717, 1.165) is 24.0 Å². The number of amides is 1. The zero-order valence-corrected chi connectivity index (χ0v) is 22.0. The normalized spacial score (nSPS) is 18.4. The van der Waals surface area contributed by atoms with Crippen LogP contribution in [-0.2, 0) is 14.6 Å². The predicted molar refractivity (Wildman–Crippen MR) is 134 cm³/mol. The molecule has 4 nitrogen and oxygen atoms in total. The zero-order chi connectivity index (χ0) is 24.3. The van der Waals surface area contributed by atoms with Crippen molar-refractivity contribution < 1.29 is 13.2 Å². The Kier molecular flexibility index (Phi) is 8.80. The number of carbonyl (C=O) groups is 1. The summed E-state index contributed by atoms with van der Waals surface area (Å²) in [7, 11) is -3.40. The van der Waals surface area contributed by atoms with Gasteiger partial charge in [0.2, 0.25) is 5.91 Å². The van der Waals surface area contributed by atoms with Crippen LogP contribution >= 0.6 is 11.6 Å². The molecule has 0 aromatic heterocycles. The van der Waals surface area contributed by atoms with E-state index in [0.29, 0.717) is 5.02 Å². The van der Waals surface area contributed by atoms with Gasteiger partial charge in [-0.25, -0.2) is 8.42 Å². The topological polar surface area (TPSA) is 54.5 Å². The van der Waals surface area contributed by atoms with Crippen LogP contribution in [0.1, 0.15) is 72.9 Å². The van der Waals surface area contributed by atoms with Crippen molar-refractivity contribution in [2.75, 3.05) is 5.75 Å². The molecule has 1 saturated carbocycles. The summed E-state index contributed by atoms with van der Waals surface area (Å²) in [5.41, 5.74) is 2.09. The van der Waals surface area contributed by atoms with E-state index in [-0.39, 0.29) is 35.6 Å². The highest BCUT2D eigenvalue weighted by molar-refractivity contribution is 7.92. The summed E-state index contributed by atoms with van der Waals surface area (Å²) in [5, 5.41) is 0.629. The molecule has 1 aromatic rings. The van der Waals surface area contributed by atoms with E-state index in [1.807, 2.05) is 48.2 Å². The lowest BCUT2D eigenvalue weighted by molar-refractivity contribution is -0.135. The minimum absolute atomic E-state index is 0.00475. The van der Waals surface area contributed by atoms with Crippen LogP contribution in [0.2, 0.25) is 5.02 Å². The molecule has 3 atom stereocenters. The summed E-state index contributed by atoms with van der Waals surface area (Å²) in [5.74, 6) is 0.0826. The molecule has 0 N–H and O–H groups in total. The van der Waals surface area contributed by atoms with E-state index >= 15 is 0 Å². The molecule has 0 spiro atoms. The minimum atomic E-state index is -3.40. The van der Waals surface area contributed by atoms with Crippen molar-refractivity contribution in [2.24, 2.45) is 11.8 Å². The average Bonchev–Trinajstić information content (AvgIpc) is 3.53. The highest BCUT2D eigenvalue weighted by atomic mass is 35.5. The maximum absolute atomic E-state index is 13.2. The van der Waals surface area contributed by atoms with Crippen LogP contribution in [-0.4, -0.2) is 35.8 Å². The molecule has 0 radical (unpaired) electrons. The van der Waals surface area contributed by atoms with E-state index in [9.17, 15) is 13.2 Å². The van der Waals surface area contributed by atoms with Gasteiger partial charge in [0.05, 0.1) is 16.5 Å². The molecule has 0 saturated heterocycles. The van der Waals surface area contributed by atoms with Gasteiger partial charge in [-0.1, -0.05) is 54.5 Å². The average molecular weight is 480 g/mol. The lowest BCUT2D eigenvalue weighted by Gasteiger charge is -2.42. The summed E-state index contributed by atoms with van der Waals surface area (Å²) in [6, 6.07) is 6.92. The van der Waals surface area contributed by atoms with E-state index in [2.05, 4.69) is 19.9 Å². The van der Waals surface area contributed by atoms with Gasteiger partial charge in [-0.3, -0.25) is 4.79 Å². The highest BCUT2D eigenvalue weighted by Gasteiger charge is 2.45. The van der Waals surface area contributed by atoms with Gasteiger partial charge >= 0.3 is 0 Å².